The predicted molar refractivity (Wildman–Crippen MR) is 121 cm³/mol. The monoisotopic (exact) mass is 415 g/mol. The molecule has 2 aromatic carbocycles. The Morgan fingerprint density at radius 1 is 1.00 bits per heavy atom. The second kappa shape index (κ2) is 9.34. The maximum atomic E-state index is 12.6. The topological polar surface area (TPSA) is 64.9 Å². The second-order valence-electron chi connectivity index (χ2n) is 7.32. The number of amides is 1. The van der Waals surface area contributed by atoms with E-state index in [1.807, 2.05) is 67.0 Å². The summed E-state index contributed by atoms with van der Waals surface area (Å²) >= 11 is 0. The number of aromatic nitrogens is 2. The van der Waals surface area contributed by atoms with Gasteiger partial charge in [0.15, 0.2) is 0 Å². The highest BCUT2D eigenvalue weighted by Crippen LogP contribution is 2.25. The fourth-order valence-corrected chi connectivity index (χ4v) is 3.19. The van der Waals surface area contributed by atoms with Gasteiger partial charge in [0.05, 0.1) is 18.0 Å². The lowest BCUT2D eigenvalue weighted by Crippen LogP contribution is -2.13. The lowest BCUT2D eigenvalue weighted by molar-refractivity contribution is 0.102. The molecule has 2 aromatic heterocycles. The molecule has 0 aliphatic rings. The number of anilines is 1. The van der Waals surface area contributed by atoms with Crippen molar-refractivity contribution in [3.05, 3.63) is 89.9 Å². The van der Waals surface area contributed by atoms with Gasteiger partial charge >= 0.3 is 0 Å². The van der Waals surface area contributed by atoms with Gasteiger partial charge in [0.25, 0.3) is 5.91 Å². The van der Waals surface area contributed by atoms with Crippen molar-refractivity contribution in [2.75, 3.05) is 11.9 Å². The Hall–Kier alpha value is -3.80. The molecule has 4 aromatic rings. The van der Waals surface area contributed by atoms with Crippen LogP contribution >= 0.6 is 0 Å². The third-order valence-corrected chi connectivity index (χ3v) is 4.75. The van der Waals surface area contributed by atoms with Crippen molar-refractivity contribution >= 4 is 17.2 Å². The van der Waals surface area contributed by atoms with Crippen LogP contribution in [0.3, 0.4) is 0 Å². The quantitative estimate of drug-likeness (QED) is 0.426. The summed E-state index contributed by atoms with van der Waals surface area (Å²) in [6.07, 6.45) is 4.89. The fraction of sp³-hybridized carbons (Fsp3) is 0.200. The van der Waals surface area contributed by atoms with Crippen LogP contribution in [-0.2, 0) is 6.61 Å². The highest BCUT2D eigenvalue weighted by atomic mass is 16.5. The zero-order chi connectivity index (χ0) is 21.6. The molecule has 0 fully saturated rings. The number of nitrogens with one attached hydrogen (secondary N) is 1. The van der Waals surface area contributed by atoms with Gasteiger partial charge in [-0.05, 0) is 61.4 Å². The number of hydrogen-bond acceptors (Lipinski definition) is 4. The molecule has 0 radical (unpaired) electrons. The molecule has 0 bridgehead atoms. The van der Waals surface area contributed by atoms with Crippen molar-refractivity contribution in [1.29, 1.82) is 0 Å². The van der Waals surface area contributed by atoms with E-state index in [0.717, 1.165) is 17.8 Å². The van der Waals surface area contributed by atoms with Crippen molar-refractivity contribution in [2.45, 2.75) is 26.9 Å². The number of para-hydroxylation sites is 2. The SMILES string of the molecule is CCCOc1ccccc1NC(=O)c1ccc(OCc2cn3cc(C)ccc3n2)cc1. The van der Waals surface area contributed by atoms with Crippen molar-refractivity contribution in [1.82, 2.24) is 9.38 Å². The number of aryl methyl sites for hydroxylation is 1. The summed E-state index contributed by atoms with van der Waals surface area (Å²) in [4.78, 5) is 17.2. The molecule has 0 aliphatic heterocycles. The molecule has 0 atom stereocenters. The van der Waals surface area contributed by atoms with Crippen LogP contribution in [0.25, 0.3) is 5.65 Å². The largest absolute Gasteiger partial charge is 0.491 e. The highest BCUT2D eigenvalue weighted by molar-refractivity contribution is 6.05. The van der Waals surface area contributed by atoms with Gasteiger partial charge in [0.2, 0.25) is 0 Å². The average molecular weight is 415 g/mol. The Balaban J connectivity index is 1.38. The van der Waals surface area contributed by atoms with E-state index >= 15 is 0 Å². The summed E-state index contributed by atoms with van der Waals surface area (Å²) in [7, 11) is 0. The van der Waals surface area contributed by atoms with Crippen LogP contribution in [-0.4, -0.2) is 21.9 Å². The number of fused-ring (bicyclic) bond motifs is 1. The standard InChI is InChI=1S/C25H25N3O3/c1-3-14-30-23-7-5-4-6-22(23)27-25(29)19-9-11-21(12-10-19)31-17-20-16-28-15-18(2)8-13-24(28)26-20/h4-13,15-16H,3,14,17H2,1-2H3,(H,27,29). The second-order valence-corrected chi connectivity index (χ2v) is 7.32. The molecule has 31 heavy (non-hydrogen) atoms. The number of benzene rings is 2. The Bertz CT molecular complexity index is 1180. The molecule has 2 heterocycles. The molecule has 1 amide bonds. The van der Waals surface area contributed by atoms with E-state index in [1.54, 1.807) is 24.3 Å². The Kier molecular flexibility index (Phi) is 6.17. The summed E-state index contributed by atoms with van der Waals surface area (Å²) in [5.74, 6) is 1.14. The van der Waals surface area contributed by atoms with Crippen LogP contribution in [0.5, 0.6) is 11.5 Å². The van der Waals surface area contributed by atoms with Crippen LogP contribution in [0.4, 0.5) is 5.69 Å². The molecule has 0 spiro atoms. The number of pyridine rings is 1. The van der Waals surface area contributed by atoms with Gasteiger partial charge in [-0.25, -0.2) is 4.98 Å². The van der Waals surface area contributed by atoms with Gasteiger partial charge < -0.3 is 19.2 Å². The number of imidazole rings is 1. The van der Waals surface area contributed by atoms with Gasteiger partial charge in [-0.1, -0.05) is 25.1 Å². The Labute approximate surface area is 181 Å². The lowest BCUT2D eigenvalue weighted by atomic mass is 10.2. The van der Waals surface area contributed by atoms with Gasteiger partial charge in [0.1, 0.15) is 23.8 Å². The molecular formula is C25H25N3O3. The molecular weight excluding hydrogens is 390 g/mol. The molecule has 1 N–H and O–H groups in total. The zero-order valence-electron chi connectivity index (χ0n) is 17.7. The summed E-state index contributed by atoms with van der Waals surface area (Å²) in [6, 6.07) is 18.5. The Morgan fingerprint density at radius 2 is 1.81 bits per heavy atom. The molecule has 6 nitrogen and oxygen atoms in total. The van der Waals surface area contributed by atoms with Crippen LogP contribution in [0.2, 0.25) is 0 Å². The maximum absolute atomic E-state index is 12.6. The third-order valence-electron chi connectivity index (χ3n) is 4.75. The molecule has 158 valence electrons. The molecule has 0 aliphatic carbocycles. The van der Waals surface area contributed by atoms with E-state index in [9.17, 15) is 4.79 Å². The molecule has 0 unspecified atom stereocenters. The van der Waals surface area contributed by atoms with E-state index < -0.39 is 0 Å². The van der Waals surface area contributed by atoms with Crippen LogP contribution in [0, 0.1) is 6.92 Å². The highest BCUT2D eigenvalue weighted by Gasteiger charge is 2.10. The summed E-state index contributed by atoms with van der Waals surface area (Å²) < 4.78 is 13.5. The number of carbonyl (C=O) groups is 1. The van der Waals surface area contributed by atoms with E-state index in [0.29, 0.717) is 36.0 Å². The minimum absolute atomic E-state index is 0.199. The van der Waals surface area contributed by atoms with Crippen LogP contribution in [0.15, 0.2) is 73.1 Å². The van der Waals surface area contributed by atoms with Gasteiger partial charge in [-0.3, -0.25) is 4.79 Å². The first kappa shape index (κ1) is 20.5. The molecule has 4 rings (SSSR count). The van der Waals surface area contributed by atoms with E-state index in [1.165, 1.54) is 5.56 Å². The first-order valence-corrected chi connectivity index (χ1v) is 10.3. The van der Waals surface area contributed by atoms with E-state index in [-0.39, 0.29) is 5.91 Å². The molecule has 0 saturated carbocycles. The van der Waals surface area contributed by atoms with E-state index in [4.69, 9.17) is 9.47 Å². The summed E-state index contributed by atoms with van der Waals surface area (Å²) in [5, 5.41) is 2.91. The Morgan fingerprint density at radius 3 is 2.61 bits per heavy atom. The maximum Gasteiger partial charge on any atom is 0.255 e. The number of rotatable bonds is 8. The van der Waals surface area contributed by atoms with Crippen molar-refractivity contribution in [3.63, 3.8) is 0 Å². The summed E-state index contributed by atoms with van der Waals surface area (Å²) in [5.41, 5.74) is 4.10. The number of nitrogens with zero attached hydrogens (tertiary/aromatic N) is 2. The predicted octanol–water partition coefficient (Wildman–Crippen LogP) is 5.26. The molecule has 0 saturated heterocycles. The number of hydrogen-bond donors (Lipinski definition) is 1. The number of carbonyl (C=O) groups excluding carboxylic acids is 1. The van der Waals surface area contributed by atoms with Crippen molar-refractivity contribution in [2.24, 2.45) is 0 Å². The smallest absolute Gasteiger partial charge is 0.255 e. The van der Waals surface area contributed by atoms with E-state index in [2.05, 4.69) is 10.3 Å². The van der Waals surface area contributed by atoms with Crippen molar-refractivity contribution in [3.8, 4) is 11.5 Å². The van der Waals surface area contributed by atoms with Crippen LogP contribution < -0.4 is 14.8 Å². The minimum atomic E-state index is -0.199. The average Bonchev–Trinajstić information content (AvgIpc) is 3.19. The minimum Gasteiger partial charge on any atom is -0.491 e. The first-order valence-electron chi connectivity index (χ1n) is 10.3. The molecule has 6 heteroatoms. The van der Waals surface area contributed by atoms with Gasteiger partial charge in [-0.15, -0.1) is 0 Å². The van der Waals surface area contributed by atoms with Crippen molar-refractivity contribution < 1.29 is 14.3 Å². The van der Waals surface area contributed by atoms with Crippen LogP contribution in [0.1, 0.15) is 35.0 Å². The third kappa shape index (κ3) is 5.04. The lowest BCUT2D eigenvalue weighted by Gasteiger charge is -2.12. The summed E-state index contributed by atoms with van der Waals surface area (Å²) in [6.45, 7) is 5.05. The van der Waals surface area contributed by atoms with Gasteiger partial charge in [0, 0.05) is 18.0 Å². The number of ether oxygens (including phenoxy) is 2. The van der Waals surface area contributed by atoms with Gasteiger partial charge in [-0.2, -0.15) is 0 Å². The normalized spacial score (nSPS) is 10.8. The first-order chi connectivity index (χ1) is 15.1. The zero-order valence-corrected chi connectivity index (χ0v) is 17.7. The fourth-order valence-electron chi connectivity index (χ4n) is 3.19.